The van der Waals surface area contributed by atoms with Gasteiger partial charge in [-0.25, -0.2) is 8.42 Å². The van der Waals surface area contributed by atoms with E-state index in [0.29, 0.717) is 13.2 Å². The molecule has 0 radical (unpaired) electrons. The lowest BCUT2D eigenvalue weighted by Crippen LogP contribution is -2.57. The van der Waals surface area contributed by atoms with Crippen LogP contribution in [0.25, 0.3) is 0 Å². The number of rotatable bonds is 8. The van der Waals surface area contributed by atoms with Crippen molar-refractivity contribution in [2.75, 3.05) is 78.1 Å². The van der Waals surface area contributed by atoms with Gasteiger partial charge in [0, 0.05) is 59.1 Å². The molecule has 0 bridgehead atoms. The van der Waals surface area contributed by atoms with Crippen LogP contribution in [0, 0.1) is 0 Å². The van der Waals surface area contributed by atoms with Crippen LogP contribution in [0.5, 0.6) is 0 Å². The summed E-state index contributed by atoms with van der Waals surface area (Å²) >= 11 is 0. The maximum Gasteiger partial charge on any atom is 0.239 e. The van der Waals surface area contributed by atoms with Crippen molar-refractivity contribution in [3.05, 3.63) is 0 Å². The number of aliphatic imine (C=N–C) groups is 1. The summed E-state index contributed by atoms with van der Waals surface area (Å²) < 4.78 is 27.5. The first-order valence-corrected chi connectivity index (χ1v) is 12.1. The average Bonchev–Trinajstić information content (AvgIpc) is 3.20. The Balaban J connectivity index is 1.68. The van der Waals surface area contributed by atoms with Crippen molar-refractivity contribution in [2.24, 2.45) is 4.99 Å². The Morgan fingerprint density at radius 3 is 2.29 bits per heavy atom. The highest BCUT2D eigenvalue weighted by Gasteiger charge is 2.30. The van der Waals surface area contributed by atoms with Gasteiger partial charge in [0.05, 0.1) is 25.0 Å². The highest BCUT2D eigenvalue weighted by atomic mass is 32.2. The summed E-state index contributed by atoms with van der Waals surface area (Å²) in [7, 11) is -1.23. The number of carbonyl (C=O) groups excluding carboxylic acids is 1. The second-order valence-corrected chi connectivity index (χ2v) is 9.71. The van der Waals surface area contributed by atoms with E-state index in [9.17, 15) is 13.2 Å². The Morgan fingerprint density at radius 2 is 1.71 bits per heavy atom. The number of piperazine rings is 1. The maximum atomic E-state index is 12.6. The van der Waals surface area contributed by atoms with Crippen molar-refractivity contribution in [3.8, 4) is 0 Å². The van der Waals surface area contributed by atoms with Gasteiger partial charge in [-0.1, -0.05) is 0 Å². The van der Waals surface area contributed by atoms with Gasteiger partial charge in [0.2, 0.25) is 5.91 Å². The maximum absolute atomic E-state index is 12.6. The van der Waals surface area contributed by atoms with Crippen LogP contribution in [-0.2, 0) is 19.4 Å². The number of hydrogen-bond acceptors (Lipinski definition) is 6. The molecule has 0 spiro atoms. The van der Waals surface area contributed by atoms with Gasteiger partial charge in [-0.15, -0.1) is 0 Å². The van der Waals surface area contributed by atoms with E-state index in [1.807, 2.05) is 11.8 Å². The molecule has 0 aromatic rings. The van der Waals surface area contributed by atoms with Gasteiger partial charge in [-0.3, -0.25) is 14.7 Å². The molecule has 2 saturated heterocycles. The van der Waals surface area contributed by atoms with Gasteiger partial charge in [-0.05, 0) is 19.8 Å². The van der Waals surface area contributed by atoms with Crippen LogP contribution in [-0.4, -0.2) is 119 Å². The highest BCUT2D eigenvalue weighted by Crippen LogP contribution is 2.14. The van der Waals surface area contributed by atoms with Crippen LogP contribution in [0.2, 0.25) is 0 Å². The molecule has 2 fully saturated rings. The Bertz CT molecular complexity index is 626. The van der Waals surface area contributed by atoms with E-state index in [-0.39, 0.29) is 24.3 Å². The summed E-state index contributed by atoms with van der Waals surface area (Å²) in [5, 5.41) is 3.26. The van der Waals surface area contributed by atoms with Crippen LogP contribution in [0.4, 0.5) is 0 Å². The third-order valence-corrected chi connectivity index (χ3v) is 6.18. The molecule has 162 valence electrons. The molecule has 2 aliphatic rings. The van der Waals surface area contributed by atoms with Crippen LogP contribution in [0.3, 0.4) is 0 Å². The van der Waals surface area contributed by atoms with Gasteiger partial charge in [0.1, 0.15) is 9.84 Å². The lowest BCUT2D eigenvalue weighted by molar-refractivity contribution is -0.135. The van der Waals surface area contributed by atoms with Crippen molar-refractivity contribution >= 4 is 21.7 Å². The van der Waals surface area contributed by atoms with E-state index < -0.39 is 9.84 Å². The summed E-state index contributed by atoms with van der Waals surface area (Å²) in [5.74, 6) is 1.10. The summed E-state index contributed by atoms with van der Waals surface area (Å²) in [6.45, 7) is 8.28. The Labute approximate surface area is 169 Å². The Hall–Kier alpha value is -1.39. The number of carbonyl (C=O) groups is 1. The van der Waals surface area contributed by atoms with Crippen molar-refractivity contribution in [3.63, 3.8) is 0 Å². The number of guanidine groups is 1. The molecule has 0 aromatic carbocycles. The third-order valence-electron chi connectivity index (χ3n) is 5.28. The molecule has 1 unspecified atom stereocenters. The molecule has 2 heterocycles. The Morgan fingerprint density at radius 1 is 1.07 bits per heavy atom. The SMILES string of the molecule is CN=C(NCCOCCS(C)(=O)=O)N1CCN(C(C)C(=O)N2CCCC2)CC1. The molecule has 1 atom stereocenters. The largest absolute Gasteiger partial charge is 0.379 e. The number of hydrogen-bond donors (Lipinski definition) is 1. The van der Waals surface area contributed by atoms with E-state index in [2.05, 4.69) is 20.1 Å². The minimum atomic E-state index is -2.98. The number of ether oxygens (including phenoxy) is 1. The molecular formula is C18H35N5O4S. The fraction of sp³-hybridized carbons (Fsp3) is 0.889. The topological polar surface area (TPSA) is 94.5 Å². The monoisotopic (exact) mass is 417 g/mol. The Kier molecular flexibility index (Phi) is 8.97. The summed E-state index contributed by atoms with van der Waals surface area (Å²) in [4.78, 5) is 23.3. The van der Waals surface area contributed by atoms with Crippen molar-refractivity contribution in [1.29, 1.82) is 0 Å². The molecule has 2 aliphatic heterocycles. The third kappa shape index (κ3) is 7.21. The molecular weight excluding hydrogens is 382 g/mol. The molecule has 0 aromatic heterocycles. The molecule has 1 N–H and O–H groups in total. The molecule has 2 rings (SSSR count). The zero-order chi connectivity index (χ0) is 20.6. The van der Waals surface area contributed by atoms with Gasteiger partial charge in [0.25, 0.3) is 0 Å². The summed E-state index contributed by atoms with van der Waals surface area (Å²) in [5.41, 5.74) is 0. The molecule has 0 aliphatic carbocycles. The fourth-order valence-electron chi connectivity index (χ4n) is 3.56. The lowest BCUT2D eigenvalue weighted by atomic mass is 10.2. The van der Waals surface area contributed by atoms with Gasteiger partial charge in [0.15, 0.2) is 5.96 Å². The highest BCUT2D eigenvalue weighted by molar-refractivity contribution is 7.90. The first kappa shape index (κ1) is 22.9. The van der Waals surface area contributed by atoms with Gasteiger partial charge < -0.3 is 19.9 Å². The molecule has 9 nitrogen and oxygen atoms in total. The fourth-order valence-corrected chi connectivity index (χ4v) is 3.98. The van der Waals surface area contributed by atoms with Crippen molar-refractivity contribution in [1.82, 2.24) is 20.0 Å². The van der Waals surface area contributed by atoms with E-state index in [1.165, 1.54) is 6.26 Å². The first-order chi connectivity index (χ1) is 13.3. The number of nitrogens with zero attached hydrogens (tertiary/aromatic N) is 4. The first-order valence-electron chi connectivity index (χ1n) is 10.1. The van der Waals surface area contributed by atoms with Crippen LogP contribution < -0.4 is 5.32 Å². The second kappa shape index (κ2) is 11.0. The van der Waals surface area contributed by atoms with Crippen molar-refractivity contribution in [2.45, 2.75) is 25.8 Å². The van der Waals surface area contributed by atoms with Crippen LogP contribution >= 0.6 is 0 Å². The van der Waals surface area contributed by atoms with Crippen molar-refractivity contribution < 1.29 is 17.9 Å². The van der Waals surface area contributed by atoms with E-state index in [0.717, 1.165) is 58.1 Å². The van der Waals surface area contributed by atoms with Crippen LogP contribution in [0.1, 0.15) is 19.8 Å². The van der Waals surface area contributed by atoms with Crippen LogP contribution in [0.15, 0.2) is 4.99 Å². The zero-order valence-corrected chi connectivity index (χ0v) is 18.2. The molecule has 1 amide bonds. The predicted octanol–water partition coefficient (Wildman–Crippen LogP) is -0.748. The molecule has 10 heteroatoms. The number of sulfone groups is 1. The lowest BCUT2D eigenvalue weighted by Gasteiger charge is -2.39. The number of nitrogens with one attached hydrogen (secondary N) is 1. The quantitative estimate of drug-likeness (QED) is 0.315. The standard InChI is InChI=1S/C18H35N5O4S/c1-16(17(24)22-7-4-5-8-22)21-9-11-23(12-10-21)18(19-2)20-6-13-27-14-15-28(3,25)26/h16H,4-15H2,1-3H3,(H,19,20). The second-order valence-electron chi connectivity index (χ2n) is 7.45. The minimum absolute atomic E-state index is 0.0397. The van der Waals surface area contributed by atoms with E-state index in [1.54, 1.807) is 7.05 Å². The number of amides is 1. The average molecular weight is 418 g/mol. The normalized spacial score (nSPS) is 20.5. The molecule has 0 saturated carbocycles. The van der Waals surface area contributed by atoms with E-state index in [4.69, 9.17) is 4.74 Å². The minimum Gasteiger partial charge on any atom is -0.379 e. The van der Waals surface area contributed by atoms with Gasteiger partial charge in [-0.2, -0.15) is 0 Å². The predicted molar refractivity (Wildman–Crippen MR) is 110 cm³/mol. The van der Waals surface area contributed by atoms with Gasteiger partial charge >= 0.3 is 0 Å². The van der Waals surface area contributed by atoms with E-state index >= 15 is 0 Å². The molecule has 28 heavy (non-hydrogen) atoms. The zero-order valence-electron chi connectivity index (χ0n) is 17.4. The smallest absolute Gasteiger partial charge is 0.239 e. The summed E-state index contributed by atoms with van der Waals surface area (Å²) in [6.07, 6.45) is 3.44. The number of likely N-dealkylation sites (tertiary alicyclic amines) is 1. The summed E-state index contributed by atoms with van der Waals surface area (Å²) in [6, 6.07) is -0.0709.